The maximum absolute atomic E-state index is 14.2. The van der Waals surface area contributed by atoms with Gasteiger partial charge in [0.05, 0.1) is 4.90 Å². The lowest BCUT2D eigenvalue weighted by atomic mass is 10.0. The van der Waals surface area contributed by atoms with Gasteiger partial charge in [0.25, 0.3) is 10.0 Å². The molecular formula is C19H13F2N3O2S. The van der Waals surface area contributed by atoms with Crippen LogP contribution in [0.25, 0.3) is 22.2 Å². The van der Waals surface area contributed by atoms with E-state index in [1.165, 1.54) is 42.7 Å². The van der Waals surface area contributed by atoms with Crippen LogP contribution in [0.4, 0.5) is 8.78 Å². The molecule has 4 aromatic rings. The SMILES string of the molecule is Cc1ccc(S(=O)(=O)n2ccc3c(-c4ccnc(F)c4F)ccnc32)cc1. The topological polar surface area (TPSA) is 64.8 Å². The van der Waals surface area contributed by atoms with Crippen molar-refractivity contribution < 1.29 is 17.2 Å². The Morgan fingerprint density at radius 3 is 2.30 bits per heavy atom. The lowest BCUT2D eigenvalue weighted by molar-refractivity contribution is 0.482. The number of rotatable bonds is 3. The molecule has 3 heterocycles. The average Bonchev–Trinajstić information content (AvgIpc) is 3.09. The van der Waals surface area contributed by atoms with Gasteiger partial charge in [-0.25, -0.2) is 26.7 Å². The minimum Gasteiger partial charge on any atom is -0.237 e. The zero-order valence-corrected chi connectivity index (χ0v) is 14.9. The molecule has 0 fully saturated rings. The van der Waals surface area contributed by atoms with Gasteiger partial charge in [-0.2, -0.15) is 4.39 Å². The van der Waals surface area contributed by atoms with Crippen molar-refractivity contribution in [3.63, 3.8) is 0 Å². The standard InChI is InChI=1S/C19H13F2N3O2S/c1-12-2-4-13(5-3-12)27(25,26)24-11-8-16-14(6-10-23-19(16)24)15-7-9-22-18(21)17(15)20/h2-11H,1H3. The molecule has 0 saturated heterocycles. The van der Waals surface area contributed by atoms with Crippen LogP contribution < -0.4 is 0 Å². The van der Waals surface area contributed by atoms with Gasteiger partial charge in [0.2, 0.25) is 5.95 Å². The Labute approximate surface area is 154 Å². The third-order valence-corrected chi connectivity index (χ3v) is 5.95. The predicted octanol–water partition coefficient (Wildman–Crippen LogP) is 3.92. The molecule has 0 unspecified atom stereocenters. The second-order valence-corrected chi connectivity index (χ2v) is 7.80. The number of pyridine rings is 2. The molecule has 0 aliphatic heterocycles. The first-order valence-electron chi connectivity index (χ1n) is 7.98. The van der Waals surface area contributed by atoms with Gasteiger partial charge in [-0.15, -0.1) is 0 Å². The average molecular weight is 385 g/mol. The summed E-state index contributed by atoms with van der Waals surface area (Å²) in [5.74, 6) is -2.32. The van der Waals surface area contributed by atoms with Gasteiger partial charge < -0.3 is 0 Å². The minimum absolute atomic E-state index is 0.0135. The Hall–Kier alpha value is -3.13. The number of hydrogen-bond acceptors (Lipinski definition) is 4. The van der Waals surface area contributed by atoms with Gasteiger partial charge in [-0.3, -0.25) is 0 Å². The number of hydrogen-bond donors (Lipinski definition) is 0. The first kappa shape index (κ1) is 17.3. The van der Waals surface area contributed by atoms with E-state index < -0.39 is 21.8 Å². The number of fused-ring (bicyclic) bond motifs is 1. The monoisotopic (exact) mass is 385 g/mol. The number of nitrogens with zero attached hydrogens (tertiary/aromatic N) is 3. The molecule has 136 valence electrons. The molecule has 0 aliphatic carbocycles. The van der Waals surface area contributed by atoms with Crippen LogP contribution in [0.3, 0.4) is 0 Å². The maximum Gasteiger partial charge on any atom is 0.269 e. The molecule has 3 aromatic heterocycles. The Morgan fingerprint density at radius 2 is 1.56 bits per heavy atom. The van der Waals surface area contributed by atoms with Crippen LogP contribution >= 0.6 is 0 Å². The van der Waals surface area contributed by atoms with Gasteiger partial charge in [-0.1, -0.05) is 17.7 Å². The number of halogens is 2. The van der Waals surface area contributed by atoms with Crippen LogP contribution in [-0.2, 0) is 10.0 Å². The smallest absolute Gasteiger partial charge is 0.237 e. The molecule has 0 amide bonds. The molecule has 5 nitrogen and oxygen atoms in total. The molecule has 27 heavy (non-hydrogen) atoms. The van der Waals surface area contributed by atoms with E-state index in [2.05, 4.69) is 9.97 Å². The number of aromatic nitrogens is 3. The highest BCUT2D eigenvalue weighted by molar-refractivity contribution is 7.90. The predicted molar refractivity (Wildman–Crippen MR) is 96.6 cm³/mol. The molecule has 0 bridgehead atoms. The second-order valence-electron chi connectivity index (χ2n) is 5.99. The Bertz CT molecular complexity index is 1270. The lowest BCUT2D eigenvalue weighted by Gasteiger charge is -2.09. The minimum atomic E-state index is -3.88. The molecule has 0 spiro atoms. The zero-order valence-electron chi connectivity index (χ0n) is 14.1. The van der Waals surface area contributed by atoms with Crippen LogP contribution in [0.1, 0.15) is 5.56 Å². The van der Waals surface area contributed by atoms with E-state index in [0.717, 1.165) is 15.7 Å². The van der Waals surface area contributed by atoms with E-state index in [4.69, 9.17) is 0 Å². The maximum atomic E-state index is 14.2. The van der Waals surface area contributed by atoms with Gasteiger partial charge in [0, 0.05) is 29.5 Å². The quantitative estimate of drug-likeness (QED) is 0.502. The second kappa shape index (κ2) is 6.24. The van der Waals surface area contributed by atoms with Gasteiger partial charge in [0.1, 0.15) is 0 Å². The van der Waals surface area contributed by atoms with Crippen LogP contribution in [0.15, 0.2) is 66.0 Å². The van der Waals surface area contributed by atoms with Crippen molar-refractivity contribution in [3.8, 4) is 11.1 Å². The molecule has 0 atom stereocenters. The fourth-order valence-electron chi connectivity index (χ4n) is 2.89. The van der Waals surface area contributed by atoms with Crippen LogP contribution in [-0.4, -0.2) is 22.4 Å². The van der Waals surface area contributed by atoms with E-state index >= 15 is 0 Å². The molecule has 0 aliphatic rings. The van der Waals surface area contributed by atoms with Crippen LogP contribution in [0, 0.1) is 18.7 Å². The zero-order chi connectivity index (χ0) is 19.2. The van der Waals surface area contributed by atoms with Crippen molar-refractivity contribution in [1.82, 2.24) is 13.9 Å². The molecule has 0 N–H and O–H groups in total. The van der Waals surface area contributed by atoms with Crippen molar-refractivity contribution >= 4 is 21.1 Å². The highest BCUT2D eigenvalue weighted by atomic mass is 32.2. The summed E-state index contributed by atoms with van der Waals surface area (Å²) in [6, 6.07) is 10.8. The summed E-state index contributed by atoms with van der Waals surface area (Å²) in [7, 11) is -3.88. The van der Waals surface area contributed by atoms with E-state index in [1.54, 1.807) is 12.1 Å². The van der Waals surface area contributed by atoms with Crippen LogP contribution in [0.2, 0.25) is 0 Å². The van der Waals surface area contributed by atoms with E-state index in [1.807, 2.05) is 6.92 Å². The highest BCUT2D eigenvalue weighted by Gasteiger charge is 2.22. The largest absolute Gasteiger partial charge is 0.269 e. The first-order chi connectivity index (χ1) is 12.9. The number of benzene rings is 1. The van der Waals surface area contributed by atoms with Crippen molar-refractivity contribution in [2.24, 2.45) is 0 Å². The lowest BCUT2D eigenvalue weighted by Crippen LogP contribution is -2.12. The summed E-state index contributed by atoms with van der Waals surface area (Å²) in [6.45, 7) is 1.86. The summed E-state index contributed by atoms with van der Waals surface area (Å²) in [5, 5.41) is 0.387. The van der Waals surface area contributed by atoms with Gasteiger partial charge in [-0.05, 0) is 42.8 Å². The molecule has 1 aromatic carbocycles. The Balaban J connectivity index is 1.93. The molecular weight excluding hydrogens is 372 g/mol. The Kier molecular flexibility index (Phi) is 4.00. The molecule has 4 rings (SSSR count). The fourth-order valence-corrected chi connectivity index (χ4v) is 4.20. The van der Waals surface area contributed by atoms with Gasteiger partial charge >= 0.3 is 0 Å². The van der Waals surface area contributed by atoms with E-state index in [9.17, 15) is 17.2 Å². The van der Waals surface area contributed by atoms with Crippen molar-refractivity contribution in [3.05, 3.63) is 78.4 Å². The van der Waals surface area contributed by atoms with E-state index in [0.29, 0.717) is 10.9 Å². The Morgan fingerprint density at radius 1 is 0.889 bits per heavy atom. The summed E-state index contributed by atoms with van der Waals surface area (Å²) in [5.41, 5.74) is 1.38. The van der Waals surface area contributed by atoms with Crippen LogP contribution in [0.5, 0.6) is 0 Å². The van der Waals surface area contributed by atoms with Crippen molar-refractivity contribution in [1.29, 1.82) is 0 Å². The molecule has 0 radical (unpaired) electrons. The summed E-state index contributed by atoms with van der Waals surface area (Å²) in [6.07, 6.45) is 3.86. The van der Waals surface area contributed by atoms with E-state index in [-0.39, 0.29) is 16.1 Å². The summed E-state index contributed by atoms with van der Waals surface area (Å²) >= 11 is 0. The summed E-state index contributed by atoms with van der Waals surface area (Å²) in [4.78, 5) is 7.53. The first-order valence-corrected chi connectivity index (χ1v) is 9.42. The van der Waals surface area contributed by atoms with Crippen molar-refractivity contribution in [2.75, 3.05) is 0 Å². The fraction of sp³-hybridized carbons (Fsp3) is 0.0526. The molecule has 0 saturated carbocycles. The highest BCUT2D eigenvalue weighted by Crippen LogP contribution is 2.31. The van der Waals surface area contributed by atoms with Crippen molar-refractivity contribution in [2.45, 2.75) is 11.8 Å². The third kappa shape index (κ3) is 2.78. The molecule has 8 heteroatoms. The normalized spacial score (nSPS) is 11.8. The third-order valence-electron chi connectivity index (χ3n) is 4.27. The van der Waals surface area contributed by atoms with Gasteiger partial charge in [0.15, 0.2) is 11.5 Å². The summed E-state index contributed by atoms with van der Waals surface area (Å²) < 4.78 is 54.7. The number of aryl methyl sites for hydroxylation is 1.